The van der Waals surface area contributed by atoms with E-state index in [1.54, 1.807) is 12.1 Å². The minimum absolute atomic E-state index is 0.0906. The maximum absolute atomic E-state index is 12.2. The second-order valence-corrected chi connectivity index (χ2v) is 6.83. The second kappa shape index (κ2) is 8.10. The molecule has 1 aromatic heterocycles. The predicted octanol–water partition coefficient (Wildman–Crippen LogP) is 4.83. The van der Waals surface area contributed by atoms with Crippen molar-refractivity contribution in [3.05, 3.63) is 76.0 Å². The molecule has 0 unspecified atom stereocenters. The normalized spacial score (nSPS) is 10.4. The lowest BCUT2D eigenvalue weighted by Crippen LogP contribution is -2.14. The number of nitrogens with one attached hydrogen (secondary N) is 1. The van der Waals surface area contributed by atoms with Gasteiger partial charge in [-0.1, -0.05) is 34.1 Å². The number of anilines is 1. The Morgan fingerprint density at radius 3 is 2.42 bits per heavy atom. The quantitative estimate of drug-likeness (QED) is 0.652. The number of hydrogen-bond acceptors (Lipinski definition) is 4. The zero-order valence-electron chi connectivity index (χ0n) is 14.5. The summed E-state index contributed by atoms with van der Waals surface area (Å²) < 4.78 is 6.70. The zero-order chi connectivity index (χ0) is 18.5. The van der Waals surface area contributed by atoms with Gasteiger partial charge in [0.15, 0.2) is 0 Å². The molecule has 0 spiro atoms. The number of aryl methyl sites for hydroxylation is 2. The molecule has 0 aliphatic carbocycles. The molecule has 132 valence electrons. The molecule has 3 aromatic rings. The van der Waals surface area contributed by atoms with Gasteiger partial charge in [0.25, 0.3) is 0 Å². The summed E-state index contributed by atoms with van der Waals surface area (Å²) in [6.45, 7) is 3.78. The number of nitrogens with zero attached hydrogens (tertiary/aromatic N) is 2. The van der Waals surface area contributed by atoms with Gasteiger partial charge in [-0.3, -0.25) is 4.79 Å². The Bertz CT molecular complexity index is 906. The third-order valence-corrected chi connectivity index (χ3v) is 4.10. The van der Waals surface area contributed by atoms with E-state index in [9.17, 15) is 4.79 Å². The van der Waals surface area contributed by atoms with E-state index in [4.69, 9.17) is 4.74 Å². The fraction of sp³-hybridized carbons (Fsp3) is 0.150. The van der Waals surface area contributed by atoms with Crippen molar-refractivity contribution in [3.63, 3.8) is 0 Å². The highest BCUT2D eigenvalue weighted by molar-refractivity contribution is 9.10. The molecule has 0 aliphatic heterocycles. The summed E-state index contributed by atoms with van der Waals surface area (Å²) in [6, 6.07) is 17.0. The molecule has 5 nitrogen and oxygen atoms in total. The summed E-state index contributed by atoms with van der Waals surface area (Å²) in [5.41, 5.74) is 3.29. The first-order valence-electron chi connectivity index (χ1n) is 8.12. The van der Waals surface area contributed by atoms with Gasteiger partial charge in [0, 0.05) is 27.6 Å². The number of rotatable bonds is 5. The first-order valence-corrected chi connectivity index (χ1v) is 8.92. The van der Waals surface area contributed by atoms with E-state index in [0.29, 0.717) is 23.9 Å². The van der Waals surface area contributed by atoms with E-state index in [1.807, 2.05) is 56.3 Å². The van der Waals surface area contributed by atoms with Crippen molar-refractivity contribution in [1.29, 1.82) is 0 Å². The number of ether oxygens (including phenoxy) is 1. The SMILES string of the molecule is Cc1cc(C)nc(Oc2cccc(NC(=O)Cc3ccc(Br)cc3)c2)n1. The highest BCUT2D eigenvalue weighted by atomic mass is 79.9. The highest BCUT2D eigenvalue weighted by Crippen LogP contribution is 2.22. The van der Waals surface area contributed by atoms with Crippen molar-refractivity contribution in [3.8, 4) is 11.8 Å². The number of carbonyl (C=O) groups excluding carboxylic acids is 1. The number of benzene rings is 2. The molecule has 6 heteroatoms. The molecule has 26 heavy (non-hydrogen) atoms. The summed E-state index contributed by atoms with van der Waals surface area (Å²) in [4.78, 5) is 20.8. The summed E-state index contributed by atoms with van der Waals surface area (Å²) in [5, 5.41) is 2.88. The van der Waals surface area contributed by atoms with Gasteiger partial charge in [-0.2, -0.15) is 0 Å². The lowest BCUT2D eigenvalue weighted by atomic mass is 10.1. The molecule has 0 saturated heterocycles. The molecular formula is C20H18BrN3O2. The van der Waals surface area contributed by atoms with Gasteiger partial charge >= 0.3 is 6.01 Å². The maximum Gasteiger partial charge on any atom is 0.322 e. The lowest BCUT2D eigenvalue weighted by molar-refractivity contribution is -0.115. The summed E-state index contributed by atoms with van der Waals surface area (Å²) in [5.74, 6) is 0.476. The van der Waals surface area contributed by atoms with Gasteiger partial charge < -0.3 is 10.1 Å². The van der Waals surface area contributed by atoms with Crippen LogP contribution in [0.5, 0.6) is 11.8 Å². The molecular weight excluding hydrogens is 394 g/mol. The van der Waals surface area contributed by atoms with Crippen molar-refractivity contribution in [1.82, 2.24) is 9.97 Å². The smallest absolute Gasteiger partial charge is 0.322 e. The van der Waals surface area contributed by atoms with Crippen LogP contribution in [0.15, 0.2) is 59.1 Å². The van der Waals surface area contributed by atoms with Gasteiger partial charge in [0.1, 0.15) is 5.75 Å². The number of hydrogen-bond donors (Lipinski definition) is 1. The molecule has 0 fully saturated rings. The number of amides is 1. The number of halogens is 1. The molecule has 1 amide bonds. The van der Waals surface area contributed by atoms with Gasteiger partial charge in [-0.05, 0) is 49.7 Å². The third kappa shape index (κ3) is 5.13. The van der Waals surface area contributed by atoms with Crippen LogP contribution >= 0.6 is 15.9 Å². The van der Waals surface area contributed by atoms with Crippen molar-refractivity contribution < 1.29 is 9.53 Å². The monoisotopic (exact) mass is 411 g/mol. The molecule has 2 aromatic carbocycles. The van der Waals surface area contributed by atoms with E-state index in [2.05, 4.69) is 31.2 Å². The summed E-state index contributed by atoms with van der Waals surface area (Å²) in [7, 11) is 0. The number of aromatic nitrogens is 2. The van der Waals surface area contributed by atoms with Gasteiger partial charge in [0.05, 0.1) is 6.42 Å². The Morgan fingerprint density at radius 1 is 1.04 bits per heavy atom. The zero-order valence-corrected chi connectivity index (χ0v) is 16.1. The Balaban J connectivity index is 1.66. The lowest BCUT2D eigenvalue weighted by Gasteiger charge is -2.09. The second-order valence-electron chi connectivity index (χ2n) is 5.91. The van der Waals surface area contributed by atoms with Gasteiger partial charge in [0.2, 0.25) is 5.91 Å². The highest BCUT2D eigenvalue weighted by Gasteiger charge is 2.07. The average Bonchev–Trinajstić information content (AvgIpc) is 2.56. The number of carbonyl (C=O) groups is 1. The van der Waals surface area contributed by atoms with Crippen LogP contribution in [0.3, 0.4) is 0 Å². The van der Waals surface area contributed by atoms with Gasteiger partial charge in [-0.15, -0.1) is 0 Å². The van der Waals surface area contributed by atoms with Crippen LogP contribution in [0.25, 0.3) is 0 Å². The summed E-state index contributed by atoms with van der Waals surface area (Å²) in [6.07, 6.45) is 0.304. The molecule has 0 bridgehead atoms. The minimum Gasteiger partial charge on any atom is -0.424 e. The van der Waals surface area contributed by atoms with Gasteiger partial charge in [-0.25, -0.2) is 9.97 Å². The third-order valence-electron chi connectivity index (χ3n) is 3.57. The molecule has 0 radical (unpaired) electrons. The van der Waals surface area contributed by atoms with Crippen molar-refractivity contribution in [2.75, 3.05) is 5.32 Å². The maximum atomic E-state index is 12.2. The van der Waals surface area contributed by atoms with E-state index in [0.717, 1.165) is 21.4 Å². The van der Waals surface area contributed by atoms with Crippen LogP contribution in [0.4, 0.5) is 5.69 Å². The predicted molar refractivity (Wildman–Crippen MR) is 104 cm³/mol. The first kappa shape index (κ1) is 18.1. The fourth-order valence-corrected chi connectivity index (χ4v) is 2.74. The van der Waals surface area contributed by atoms with E-state index >= 15 is 0 Å². The van der Waals surface area contributed by atoms with Crippen molar-refractivity contribution >= 4 is 27.5 Å². The van der Waals surface area contributed by atoms with E-state index < -0.39 is 0 Å². The molecule has 3 rings (SSSR count). The Kier molecular flexibility index (Phi) is 5.63. The standard InChI is InChI=1S/C20H18BrN3O2/c1-13-10-14(2)23-20(22-13)26-18-5-3-4-17(12-18)24-19(25)11-15-6-8-16(21)9-7-15/h3-10,12H,11H2,1-2H3,(H,24,25). The Morgan fingerprint density at radius 2 is 1.73 bits per heavy atom. The Hall–Kier alpha value is -2.73. The molecule has 0 aliphatic rings. The van der Waals surface area contributed by atoms with Crippen LogP contribution in [0, 0.1) is 13.8 Å². The van der Waals surface area contributed by atoms with Crippen LogP contribution in [0.1, 0.15) is 17.0 Å². The molecule has 0 saturated carbocycles. The van der Waals surface area contributed by atoms with Crippen molar-refractivity contribution in [2.45, 2.75) is 20.3 Å². The van der Waals surface area contributed by atoms with Crippen LogP contribution < -0.4 is 10.1 Å². The van der Waals surface area contributed by atoms with Crippen LogP contribution in [-0.2, 0) is 11.2 Å². The average molecular weight is 412 g/mol. The van der Waals surface area contributed by atoms with E-state index in [1.165, 1.54) is 0 Å². The largest absolute Gasteiger partial charge is 0.424 e. The molecule has 0 atom stereocenters. The van der Waals surface area contributed by atoms with E-state index in [-0.39, 0.29) is 5.91 Å². The molecule has 1 heterocycles. The summed E-state index contributed by atoms with van der Waals surface area (Å²) >= 11 is 3.38. The minimum atomic E-state index is -0.0906. The Labute approximate surface area is 160 Å². The van der Waals surface area contributed by atoms with Crippen LogP contribution in [-0.4, -0.2) is 15.9 Å². The van der Waals surface area contributed by atoms with Crippen LogP contribution in [0.2, 0.25) is 0 Å². The fourth-order valence-electron chi connectivity index (χ4n) is 2.47. The molecule has 1 N–H and O–H groups in total. The topological polar surface area (TPSA) is 64.1 Å². The van der Waals surface area contributed by atoms with Crippen molar-refractivity contribution in [2.24, 2.45) is 0 Å². The first-order chi connectivity index (χ1) is 12.5.